The number of nitrogens with zero attached hydrogens (tertiary/aromatic N) is 2. The molecule has 1 unspecified atom stereocenters. The van der Waals surface area contributed by atoms with Crippen molar-refractivity contribution in [2.45, 2.75) is 26.8 Å². The van der Waals surface area contributed by atoms with Crippen molar-refractivity contribution in [2.75, 3.05) is 0 Å². The van der Waals surface area contributed by atoms with E-state index in [1.54, 1.807) is 30.3 Å². The Kier molecular flexibility index (Phi) is 5.99. The number of pyridine rings is 1. The summed E-state index contributed by atoms with van der Waals surface area (Å²) in [5.41, 5.74) is 4.65. The molecule has 32 heavy (non-hydrogen) atoms. The number of carbonyl (C=O) groups is 1. The predicted octanol–water partition coefficient (Wildman–Crippen LogP) is 5.88. The lowest BCUT2D eigenvalue weighted by Gasteiger charge is -2.15. The van der Waals surface area contributed by atoms with E-state index in [-0.39, 0.29) is 17.7 Å². The Morgan fingerprint density at radius 3 is 2.56 bits per heavy atom. The van der Waals surface area contributed by atoms with Crippen LogP contribution >= 0.6 is 0 Å². The number of benzene rings is 3. The number of carbonyl (C=O) groups excluding carboxylic acids is 1. The number of fused-ring (bicyclic) bond motifs is 1. The van der Waals surface area contributed by atoms with E-state index in [1.165, 1.54) is 0 Å². The zero-order valence-corrected chi connectivity index (χ0v) is 18.3. The molecule has 1 heterocycles. The molecule has 160 valence electrons. The number of aromatic nitrogens is 1. The Morgan fingerprint density at radius 1 is 1.00 bits per heavy atom. The zero-order chi connectivity index (χ0) is 22.7. The van der Waals surface area contributed by atoms with Crippen LogP contribution in [0.1, 0.15) is 47.1 Å². The first kappa shape index (κ1) is 21.2. The van der Waals surface area contributed by atoms with Crippen LogP contribution in [-0.4, -0.2) is 21.7 Å². The molecule has 0 aliphatic heterocycles. The van der Waals surface area contributed by atoms with Crippen molar-refractivity contribution in [3.05, 3.63) is 101 Å². The monoisotopic (exact) mass is 423 g/mol. The average Bonchev–Trinajstić information content (AvgIpc) is 2.80. The number of nitrogens with one attached hydrogen (secondary N) is 1. The van der Waals surface area contributed by atoms with E-state index in [0.29, 0.717) is 5.56 Å². The fraction of sp³-hybridized carbons (Fsp3) is 0.148. The summed E-state index contributed by atoms with van der Waals surface area (Å²) >= 11 is 0. The van der Waals surface area contributed by atoms with Crippen LogP contribution in [0.15, 0.2) is 84.0 Å². The second kappa shape index (κ2) is 9.02. The molecular weight excluding hydrogens is 398 g/mol. The summed E-state index contributed by atoms with van der Waals surface area (Å²) in [4.78, 5) is 22.2. The van der Waals surface area contributed by atoms with Crippen molar-refractivity contribution >= 4 is 28.1 Å². The van der Waals surface area contributed by atoms with E-state index < -0.39 is 0 Å². The fourth-order valence-electron chi connectivity index (χ4n) is 3.55. The van der Waals surface area contributed by atoms with E-state index in [1.807, 2.05) is 63.4 Å². The van der Waals surface area contributed by atoms with Gasteiger partial charge in [-0.3, -0.25) is 14.8 Å². The second-order valence-electron chi connectivity index (χ2n) is 7.91. The molecular formula is C27H25N3O2. The molecule has 1 aromatic heterocycles. The van der Waals surface area contributed by atoms with Crippen molar-refractivity contribution in [1.82, 2.24) is 10.3 Å². The SMILES string of the molecule is CC(=Nc1cc(C(=O)NC(C)c2cccc(O)c2)ccc1C)c1cc2ccccc2cn1. The summed E-state index contributed by atoms with van der Waals surface area (Å²) in [7, 11) is 0. The molecule has 1 atom stereocenters. The van der Waals surface area contributed by atoms with Gasteiger partial charge in [0.1, 0.15) is 5.75 Å². The first-order valence-corrected chi connectivity index (χ1v) is 10.5. The molecule has 0 spiro atoms. The number of aromatic hydroxyl groups is 1. The van der Waals surface area contributed by atoms with Gasteiger partial charge in [0.05, 0.1) is 23.1 Å². The highest BCUT2D eigenvalue weighted by Crippen LogP contribution is 2.24. The lowest BCUT2D eigenvalue weighted by Crippen LogP contribution is -2.26. The molecule has 0 aliphatic rings. The van der Waals surface area contributed by atoms with Crippen molar-refractivity contribution < 1.29 is 9.90 Å². The zero-order valence-electron chi connectivity index (χ0n) is 18.3. The van der Waals surface area contributed by atoms with Crippen LogP contribution in [-0.2, 0) is 0 Å². The molecule has 0 fully saturated rings. The fourth-order valence-corrected chi connectivity index (χ4v) is 3.55. The van der Waals surface area contributed by atoms with Gasteiger partial charge in [-0.15, -0.1) is 0 Å². The summed E-state index contributed by atoms with van der Waals surface area (Å²) in [5.74, 6) is -0.0212. The smallest absolute Gasteiger partial charge is 0.251 e. The summed E-state index contributed by atoms with van der Waals surface area (Å²) < 4.78 is 0. The third kappa shape index (κ3) is 4.67. The number of aryl methyl sites for hydroxylation is 1. The highest BCUT2D eigenvalue weighted by molar-refractivity contribution is 6.02. The Hall–Kier alpha value is -3.99. The number of aliphatic imine (C=N–C) groups is 1. The van der Waals surface area contributed by atoms with Crippen molar-refractivity contribution in [1.29, 1.82) is 0 Å². The predicted molar refractivity (Wildman–Crippen MR) is 129 cm³/mol. The standard InChI is InChI=1S/C27H25N3O2/c1-17-11-12-22(27(32)30-18(2)20-9-6-10-24(31)13-20)15-25(17)29-19(3)26-14-21-7-4-5-8-23(21)16-28-26/h4-16,18,31H,1-3H3,(H,30,32). The second-order valence-corrected chi connectivity index (χ2v) is 7.91. The van der Waals surface area contributed by atoms with Crippen LogP contribution in [0.5, 0.6) is 5.75 Å². The van der Waals surface area contributed by atoms with Gasteiger partial charge in [-0.1, -0.05) is 42.5 Å². The van der Waals surface area contributed by atoms with Gasteiger partial charge in [-0.05, 0) is 67.6 Å². The third-order valence-electron chi connectivity index (χ3n) is 5.48. The van der Waals surface area contributed by atoms with Crippen LogP contribution in [0.4, 0.5) is 5.69 Å². The van der Waals surface area contributed by atoms with E-state index in [0.717, 1.165) is 39.0 Å². The average molecular weight is 424 g/mol. The van der Waals surface area contributed by atoms with Gasteiger partial charge in [0.2, 0.25) is 0 Å². The molecule has 0 radical (unpaired) electrons. The molecule has 4 aromatic rings. The van der Waals surface area contributed by atoms with Crippen LogP contribution in [0.25, 0.3) is 10.8 Å². The summed E-state index contributed by atoms with van der Waals surface area (Å²) in [6.45, 7) is 5.78. The number of hydrogen-bond acceptors (Lipinski definition) is 4. The first-order valence-electron chi connectivity index (χ1n) is 10.5. The maximum atomic E-state index is 12.8. The number of amides is 1. The largest absolute Gasteiger partial charge is 0.508 e. The van der Waals surface area contributed by atoms with Gasteiger partial charge < -0.3 is 10.4 Å². The quantitative estimate of drug-likeness (QED) is 0.394. The van der Waals surface area contributed by atoms with Crippen molar-refractivity contribution in [3.8, 4) is 5.75 Å². The maximum absolute atomic E-state index is 12.8. The molecule has 0 saturated carbocycles. The van der Waals surface area contributed by atoms with E-state index in [2.05, 4.69) is 16.4 Å². The van der Waals surface area contributed by atoms with Crippen LogP contribution < -0.4 is 5.32 Å². The topological polar surface area (TPSA) is 74.6 Å². The Morgan fingerprint density at radius 2 is 1.78 bits per heavy atom. The van der Waals surface area contributed by atoms with Crippen LogP contribution in [0.3, 0.4) is 0 Å². The lowest BCUT2D eigenvalue weighted by molar-refractivity contribution is 0.0940. The maximum Gasteiger partial charge on any atom is 0.251 e. The van der Waals surface area contributed by atoms with Gasteiger partial charge in [-0.25, -0.2) is 0 Å². The Bertz CT molecular complexity index is 1330. The van der Waals surface area contributed by atoms with Crippen LogP contribution in [0, 0.1) is 6.92 Å². The van der Waals surface area contributed by atoms with Gasteiger partial charge in [0, 0.05) is 17.1 Å². The van der Waals surface area contributed by atoms with E-state index in [9.17, 15) is 9.90 Å². The molecule has 5 heteroatoms. The number of phenols is 1. The molecule has 1 amide bonds. The van der Waals surface area contributed by atoms with Crippen molar-refractivity contribution in [3.63, 3.8) is 0 Å². The molecule has 0 aliphatic carbocycles. The van der Waals surface area contributed by atoms with Gasteiger partial charge in [-0.2, -0.15) is 0 Å². The highest BCUT2D eigenvalue weighted by Gasteiger charge is 2.13. The Labute approximate surface area is 187 Å². The van der Waals surface area contributed by atoms with Gasteiger partial charge in [0.25, 0.3) is 5.91 Å². The van der Waals surface area contributed by atoms with Crippen LogP contribution in [0.2, 0.25) is 0 Å². The van der Waals surface area contributed by atoms with E-state index >= 15 is 0 Å². The van der Waals surface area contributed by atoms with Gasteiger partial charge >= 0.3 is 0 Å². The Balaban J connectivity index is 1.58. The lowest BCUT2D eigenvalue weighted by atomic mass is 10.1. The van der Waals surface area contributed by atoms with Crippen molar-refractivity contribution in [2.24, 2.45) is 4.99 Å². The molecule has 5 nitrogen and oxygen atoms in total. The number of rotatable bonds is 5. The first-order chi connectivity index (χ1) is 15.4. The number of hydrogen-bond donors (Lipinski definition) is 2. The molecule has 0 saturated heterocycles. The van der Waals surface area contributed by atoms with E-state index in [4.69, 9.17) is 4.99 Å². The van der Waals surface area contributed by atoms with Gasteiger partial charge in [0.15, 0.2) is 0 Å². The molecule has 2 N–H and O–H groups in total. The molecule has 4 rings (SSSR count). The minimum absolute atomic E-state index is 0.174. The summed E-state index contributed by atoms with van der Waals surface area (Å²) in [6, 6.07) is 22.2. The minimum Gasteiger partial charge on any atom is -0.508 e. The summed E-state index contributed by atoms with van der Waals surface area (Å²) in [5, 5.41) is 14.9. The normalized spacial score (nSPS) is 12.5. The summed E-state index contributed by atoms with van der Waals surface area (Å²) in [6.07, 6.45) is 1.85. The highest BCUT2D eigenvalue weighted by atomic mass is 16.3. The number of phenolic OH excluding ortho intramolecular Hbond substituents is 1. The third-order valence-corrected chi connectivity index (χ3v) is 5.48. The molecule has 3 aromatic carbocycles. The minimum atomic E-state index is -0.244. The molecule has 0 bridgehead atoms.